The average molecular weight is 277 g/mol. The summed E-state index contributed by atoms with van der Waals surface area (Å²) in [4.78, 5) is 14.0. The molecule has 0 aromatic heterocycles. The lowest BCUT2D eigenvalue weighted by atomic mass is 10.2. The molecule has 1 atom stereocenters. The highest BCUT2D eigenvalue weighted by atomic mass is 16.5. The van der Waals surface area contributed by atoms with Gasteiger partial charge in [-0.1, -0.05) is 6.07 Å². The zero-order valence-electron chi connectivity index (χ0n) is 12.0. The van der Waals surface area contributed by atoms with Gasteiger partial charge in [0, 0.05) is 37.5 Å². The van der Waals surface area contributed by atoms with Crippen molar-refractivity contribution < 1.29 is 9.53 Å². The molecule has 0 bridgehead atoms. The second kappa shape index (κ2) is 7.26. The summed E-state index contributed by atoms with van der Waals surface area (Å²) in [6, 6.07) is 7.22. The van der Waals surface area contributed by atoms with Crippen LogP contribution in [0.2, 0.25) is 0 Å². The SMILES string of the molecule is CN(CCC(=O)Nc1cccc(N)c1)CC1CCCO1. The molecule has 5 heteroatoms. The summed E-state index contributed by atoms with van der Waals surface area (Å²) in [5, 5.41) is 2.85. The Morgan fingerprint density at radius 1 is 1.55 bits per heavy atom. The second-order valence-corrected chi connectivity index (χ2v) is 5.32. The Kier molecular flexibility index (Phi) is 5.38. The summed E-state index contributed by atoms with van der Waals surface area (Å²) in [6.07, 6.45) is 3.07. The van der Waals surface area contributed by atoms with Gasteiger partial charge in [-0.2, -0.15) is 0 Å². The Balaban J connectivity index is 1.69. The fraction of sp³-hybridized carbons (Fsp3) is 0.533. The molecule has 110 valence electrons. The number of hydrogen-bond acceptors (Lipinski definition) is 4. The van der Waals surface area contributed by atoms with E-state index in [0.717, 1.165) is 38.2 Å². The van der Waals surface area contributed by atoms with E-state index in [2.05, 4.69) is 10.2 Å². The number of benzene rings is 1. The maximum Gasteiger partial charge on any atom is 0.225 e. The first-order chi connectivity index (χ1) is 9.63. The van der Waals surface area contributed by atoms with Crippen molar-refractivity contribution in [1.29, 1.82) is 0 Å². The maximum atomic E-state index is 11.9. The van der Waals surface area contributed by atoms with E-state index in [4.69, 9.17) is 10.5 Å². The molecule has 2 rings (SSSR count). The quantitative estimate of drug-likeness (QED) is 0.777. The van der Waals surface area contributed by atoms with Crippen molar-refractivity contribution in [2.45, 2.75) is 25.4 Å². The molecule has 0 spiro atoms. The number of rotatable bonds is 6. The Labute approximate surface area is 120 Å². The predicted octanol–water partition coefficient (Wildman–Crippen LogP) is 1.71. The summed E-state index contributed by atoms with van der Waals surface area (Å²) in [6.45, 7) is 2.49. The fourth-order valence-corrected chi connectivity index (χ4v) is 2.36. The van der Waals surface area contributed by atoms with E-state index in [0.29, 0.717) is 18.2 Å². The molecule has 0 aliphatic carbocycles. The number of nitrogen functional groups attached to an aromatic ring is 1. The van der Waals surface area contributed by atoms with Crippen LogP contribution in [-0.4, -0.2) is 43.7 Å². The molecule has 0 radical (unpaired) electrons. The van der Waals surface area contributed by atoms with Crippen LogP contribution < -0.4 is 11.1 Å². The van der Waals surface area contributed by atoms with E-state index >= 15 is 0 Å². The first-order valence-electron chi connectivity index (χ1n) is 7.09. The number of nitrogens with two attached hydrogens (primary N) is 1. The van der Waals surface area contributed by atoms with Crippen LogP contribution in [0.4, 0.5) is 11.4 Å². The third-order valence-corrected chi connectivity index (χ3v) is 3.43. The van der Waals surface area contributed by atoms with E-state index < -0.39 is 0 Å². The van der Waals surface area contributed by atoms with Gasteiger partial charge in [0.2, 0.25) is 5.91 Å². The summed E-state index contributed by atoms with van der Waals surface area (Å²) in [5.74, 6) is 0.00907. The summed E-state index contributed by atoms with van der Waals surface area (Å²) >= 11 is 0. The minimum atomic E-state index is 0.00907. The molecule has 5 nitrogen and oxygen atoms in total. The highest BCUT2D eigenvalue weighted by Crippen LogP contribution is 2.14. The lowest BCUT2D eigenvalue weighted by molar-refractivity contribution is -0.116. The van der Waals surface area contributed by atoms with Crippen molar-refractivity contribution in [3.05, 3.63) is 24.3 Å². The second-order valence-electron chi connectivity index (χ2n) is 5.32. The molecule has 1 saturated heterocycles. The van der Waals surface area contributed by atoms with Gasteiger partial charge in [-0.25, -0.2) is 0 Å². The Hall–Kier alpha value is -1.59. The van der Waals surface area contributed by atoms with Gasteiger partial charge in [0.25, 0.3) is 0 Å². The lowest BCUT2D eigenvalue weighted by Crippen LogP contribution is -2.31. The maximum absolute atomic E-state index is 11.9. The van der Waals surface area contributed by atoms with Gasteiger partial charge in [-0.05, 0) is 38.1 Å². The van der Waals surface area contributed by atoms with Crippen molar-refractivity contribution in [3.8, 4) is 0 Å². The van der Waals surface area contributed by atoms with Crippen molar-refractivity contribution in [2.24, 2.45) is 0 Å². The number of amides is 1. The molecule has 1 aliphatic heterocycles. The highest BCUT2D eigenvalue weighted by Gasteiger charge is 2.17. The van der Waals surface area contributed by atoms with Crippen molar-refractivity contribution >= 4 is 17.3 Å². The molecule has 1 aromatic rings. The molecular weight excluding hydrogens is 254 g/mol. The topological polar surface area (TPSA) is 67.6 Å². The van der Waals surface area contributed by atoms with Crippen LogP contribution in [0.1, 0.15) is 19.3 Å². The molecule has 20 heavy (non-hydrogen) atoms. The van der Waals surface area contributed by atoms with Gasteiger partial charge in [0.15, 0.2) is 0 Å². The normalized spacial score (nSPS) is 18.4. The van der Waals surface area contributed by atoms with Crippen LogP contribution in [0, 0.1) is 0 Å². The molecule has 1 unspecified atom stereocenters. The van der Waals surface area contributed by atoms with Gasteiger partial charge in [0.1, 0.15) is 0 Å². The van der Waals surface area contributed by atoms with E-state index in [1.54, 1.807) is 12.1 Å². The van der Waals surface area contributed by atoms with Crippen LogP contribution in [0.25, 0.3) is 0 Å². The highest BCUT2D eigenvalue weighted by molar-refractivity contribution is 5.91. The van der Waals surface area contributed by atoms with Gasteiger partial charge >= 0.3 is 0 Å². The van der Waals surface area contributed by atoms with Crippen molar-refractivity contribution in [1.82, 2.24) is 4.90 Å². The number of carbonyl (C=O) groups excluding carboxylic acids is 1. The zero-order valence-corrected chi connectivity index (χ0v) is 12.0. The van der Waals surface area contributed by atoms with Crippen LogP contribution in [0.5, 0.6) is 0 Å². The summed E-state index contributed by atoms with van der Waals surface area (Å²) < 4.78 is 5.58. The van der Waals surface area contributed by atoms with E-state index in [1.165, 1.54) is 0 Å². The monoisotopic (exact) mass is 277 g/mol. The molecule has 0 saturated carbocycles. The Morgan fingerprint density at radius 3 is 3.10 bits per heavy atom. The van der Waals surface area contributed by atoms with Crippen molar-refractivity contribution in [2.75, 3.05) is 37.8 Å². The first-order valence-corrected chi connectivity index (χ1v) is 7.09. The fourth-order valence-electron chi connectivity index (χ4n) is 2.36. The molecule has 1 aliphatic rings. The standard InChI is InChI=1S/C15H23N3O2/c1-18(11-14-6-3-9-20-14)8-7-15(19)17-13-5-2-4-12(16)10-13/h2,4-5,10,14H,3,6-9,11,16H2,1H3,(H,17,19). The number of anilines is 2. The lowest BCUT2D eigenvalue weighted by Gasteiger charge is -2.20. The van der Waals surface area contributed by atoms with Gasteiger partial charge in [-0.3, -0.25) is 4.79 Å². The number of likely N-dealkylation sites (N-methyl/N-ethyl adjacent to an activating group) is 1. The summed E-state index contributed by atoms with van der Waals surface area (Å²) in [7, 11) is 2.02. The third-order valence-electron chi connectivity index (χ3n) is 3.43. The number of nitrogens with zero attached hydrogens (tertiary/aromatic N) is 1. The van der Waals surface area contributed by atoms with E-state index in [9.17, 15) is 4.79 Å². The molecule has 3 N–H and O–H groups in total. The van der Waals surface area contributed by atoms with Gasteiger partial charge in [-0.15, -0.1) is 0 Å². The Morgan fingerprint density at radius 2 is 2.40 bits per heavy atom. The number of carbonyl (C=O) groups is 1. The van der Waals surface area contributed by atoms with Gasteiger partial charge in [0.05, 0.1) is 6.10 Å². The Bertz CT molecular complexity index is 444. The number of nitrogens with one attached hydrogen (secondary N) is 1. The number of hydrogen-bond donors (Lipinski definition) is 2. The minimum absolute atomic E-state index is 0.00907. The predicted molar refractivity (Wildman–Crippen MR) is 80.6 cm³/mol. The largest absolute Gasteiger partial charge is 0.399 e. The molecule has 1 fully saturated rings. The zero-order chi connectivity index (χ0) is 14.4. The number of ether oxygens (including phenoxy) is 1. The van der Waals surface area contributed by atoms with Crippen LogP contribution in [-0.2, 0) is 9.53 Å². The minimum Gasteiger partial charge on any atom is -0.399 e. The van der Waals surface area contributed by atoms with E-state index in [1.807, 2.05) is 19.2 Å². The van der Waals surface area contributed by atoms with Crippen LogP contribution in [0.15, 0.2) is 24.3 Å². The average Bonchev–Trinajstić information content (AvgIpc) is 2.89. The first kappa shape index (κ1) is 14.8. The molecule has 1 heterocycles. The molecular formula is C15H23N3O2. The van der Waals surface area contributed by atoms with Gasteiger partial charge < -0.3 is 20.7 Å². The van der Waals surface area contributed by atoms with Crippen molar-refractivity contribution in [3.63, 3.8) is 0 Å². The van der Waals surface area contributed by atoms with Crippen LogP contribution >= 0.6 is 0 Å². The van der Waals surface area contributed by atoms with Crippen LogP contribution in [0.3, 0.4) is 0 Å². The molecule has 1 amide bonds. The third kappa shape index (κ3) is 4.83. The van der Waals surface area contributed by atoms with E-state index in [-0.39, 0.29) is 5.91 Å². The molecule has 1 aromatic carbocycles. The summed E-state index contributed by atoms with van der Waals surface area (Å²) in [5.41, 5.74) is 7.07. The smallest absolute Gasteiger partial charge is 0.225 e.